The van der Waals surface area contributed by atoms with Crippen molar-refractivity contribution in [3.63, 3.8) is 0 Å². The van der Waals surface area contributed by atoms with E-state index in [0.29, 0.717) is 6.61 Å². The molecule has 0 bridgehead atoms. The maximum atomic E-state index is 8.99. The summed E-state index contributed by atoms with van der Waals surface area (Å²) in [4.78, 5) is 0. The van der Waals surface area contributed by atoms with Gasteiger partial charge in [-0.15, -0.1) is 0 Å². The monoisotopic (exact) mass is 316 g/mol. The largest absolute Gasteiger partial charge is 0.490 e. The quantitative estimate of drug-likeness (QED) is 0.736. The third-order valence-corrected chi connectivity index (χ3v) is 3.61. The lowest BCUT2D eigenvalue weighted by atomic mass is 10.0. The van der Waals surface area contributed by atoms with Crippen LogP contribution in [0.2, 0.25) is 0 Å². The van der Waals surface area contributed by atoms with Crippen molar-refractivity contribution < 1.29 is 9.84 Å². The highest BCUT2D eigenvalue weighted by Gasteiger charge is 2.09. The summed E-state index contributed by atoms with van der Waals surface area (Å²) in [6.07, 6.45) is 0. The second-order valence-electron chi connectivity index (χ2n) is 4.36. The SMILES string of the molecule is OCCOc1c2ccccc2cc2ccc(Br)cc12. The first-order valence-electron chi connectivity index (χ1n) is 6.14. The van der Waals surface area contributed by atoms with Crippen LogP contribution in [0.15, 0.2) is 53.0 Å². The van der Waals surface area contributed by atoms with Crippen LogP contribution in [-0.2, 0) is 0 Å². The van der Waals surface area contributed by atoms with Crippen LogP contribution in [0.3, 0.4) is 0 Å². The van der Waals surface area contributed by atoms with Gasteiger partial charge in [0.25, 0.3) is 0 Å². The molecule has 19 heavy (non-hydrogen) atoms. The zero-order valence-corrected chi connectivity index (χ0v) is 11.9. The summed E-state index contributed by atoms with van der Waals surface area (Å²) in [5.41, 5.74) is 0. The van der Waals surface area contributed by atoms with Gasteiger partial charge in [-0.3, -0.25) is 0 Å². The summed E-state index contributed by atoms with van der Waals surface area (Å²) < 4.78 is 6.78. The number of benzene rings is 3. The van der Waals surface area contributed by atoms with E-state index in [1.165, 1.54) is 0 Å². The molecule has 0 fully saturated rings. The van der Waals surface area contributed by atoms with E-state index in [9.17, 15) is 0 Å². The van der Waals surface area contributed by atoms with Crippen molar-refractivity contribution in [2.45, 2.75) is 0 Å². The Hall–Kier alpha value is -1.58. The second-order valence-corrected chi connectivity index (χ2v) is 5.28. The average molecular weight is 317 g/mol. The van der Waals surface area contributed by atoms with E-state index < -0.39 is 0 Å². The molecule has 3 aromatic rings. The van der Waals surface area contributed by atoms with Gasteiger partial charge < -0.3 is 9.84 Å². The number of aliphatic hydroxyl groups excluding tert-OH is 1. The maximum absolute atomic E-state index is 8.99. The third kappa shape index (κ3) is 2.31. The van der Waals surface area contributed by atoms with Crippen LogP contribution in [0.1, 0.15) is 0 Å². The zero-order chi connectivity index (χ0) is 13.2. The van der Waals surface area contributed by atoms with E-state index in [1.807, 2.05) is 24.3 Å². The Kier molecular flexibility index (Phi) is 3.40. The first-order valence-corrected chi connectivity index (χ1v) is 6.93. The number of aliphatic hydroxyl groups is 1. The molecule has 0 unspecified atom stereocenters. The first kappa shape index (κ1) is 12.5. The normalized spacial score (nSPS) is 11.1. The molecule has 0 radical (unpaired) electrons. The van der Waals surface area contributed by atoms with E-state index >= 15 is 0 Å². The summed E-state index contributed by atoms with van der Waals surface area (Å²) in [5.74, 6) is 0.837. The van der Waals surface area contributed by atoms with Gasteiger partial charge in [0, 0.05) is 15.2 Å². The van der Waals surface area contributed by atoms with Gasteiger partial charge in [0.05, 0.1) is 6.61 Å². The third-order valence-electron chi connectivity index (χ3n) is 3.11. The van der Waals surface area contributed by atoms with Crippen LogP contribution in [0, 0.1) is 0 Å². The minimum absolute atomic E-state index is 0.0126. The number of rotatable bonds is 3. The molecule has 0 amide bonds. The number of fused-ring (bicyclic) bond motifs is 2. The molecule has 0 heterocycles. The standard InChI is InChI=1S/C16H13BrO2/c17-13-6-5-12-9-11-3-1-2-4-14(11)16(15(12)10-13)19-8-7-18/h1-6,9-10,18H,7-8H2. The van der Waals surface area contributed by atoms with Gasteiger partial charge in [-0.2, -0.15) is 0 Å². The molecule has 3 rings (SSSR count). The molecule has 0 aliphatic carbocycles. The lowest BCUT2D eigenvalue weighted by molar-refractivity contribution is 0.204. The van der Waals surface area contributed by atoms with Gasteiger partial charge in [0.15, 0.2) is 0 Å². The van der Waals surface area contributed by atoms with Crippen molar-refractivity contribution >= 4 is 37.5 Å². The van der Waals surface area contributed by atoms with Crippen LogP contribution in [0.25, 0.3) is 21.5 Å². The molecule has 0 aliphatic heterocycles. The van der Waals surface area contributed by atoms with Crippen molar-refractivity contribution in [2.24, 2.45) is 0 Å². The van der Waals surface area contributed by atoms with Gasteiger partial charge >= 0.3 is 0 Å². The smallest absolute Gasteiger partial charge is 0.135 e. The summed E-state index contributed by atoms with van der Waals surface area (Å²) in [6.45, 7) is 0.314. The number of ether oxygens (including phenoxy) is 1. The Morgan fingerprint density at radius 2 is 1.74 bits per heavy atom. The van der Waals surface area contributed by atoms with E-state index in [0.717, 1.165) is 31.8 Å². The fourth-order valence-electron chi connectivity index (χ4n) is 2.30. The number of halogens is 1. The highest BCUT2D eigenvalue weighted by Crippen LogP contribution is 2.36. The topological polar surface area (TPSA) is 29.5 Å². The highest BCUT2D eigenvalue weighted by atomic mass is 79.9. The predicted octanol–water partition coefficient (Wildman–Crippen LogP) is 4.13. The minimum atomic E-state index is 0.0126. The van der Waals surface area contributed by atoms with E-state index in [1.54, 1.807) is 0 Å². The molecule has 2 nitrogen and oxygen atoms in total. The van der Waals surface area contributed by atoms with E-state index in [-0.39, 0.29) is 6.61 Å². The molecule has 0 spiro atoms. The van der Waals surface area contributed by atoms with Crippen molar-refractivity contribution in [3.8, 4) is 5.75 Å². The van der Waals surface area contributed by atoms with Gasteiger partial charge in [0.2, 0.25) is 0 Å². The Morgan fingerprint density at radius 1 is 0.947 bits per heavy atom. The fourth-order valence-corrected chi connectivity index (χ4v) is 2.66. The fraction of sp³-hybridized carbons (Fsp3) is 0.125. The summed E-state index contributed by atoms with van der Waals surface area (Å²) in [6, 6.07) is 16.4. The molecule has 96 valence electrons. The summed E-state index contributed by atoms with van der Waals surface area (Å²) >= 11 is 3.49. The molecule has 3 aromatic carbocycles. The molecule has 0 aromatic heterocycles. The second kappa shape index (κ2) is 5.19. The van der Waals surface area contributed by atoms with Crippen molar-refractivity contribution in [2.75, 3.05) is 13.2 Å². The summed E-state index contributed by atoms with van der Waals surface area (Å²) in [5, 5.41) is 13.4. The summed E-state index contributed by atoms with van der Waals surface area (Å²) in [7, 11) is 0. The van der Waals surface area contributed by atoms with Crippen molar-refractivity contribution in [1.82, 2.24) is 0 Å². The van der Waals surface area contributed by atoms with Crippen LogP contribution in [-0.4, -0.2) is 18.3 Å². The van der Waals surface area contributed by atoms with E-state index in [2.05, 4.69) is 40.2 Å². The van der Waals surface area contributed by atoms with Gasteiger partial charge in [-0.25, -0.2) is 0 Å². The number of hydrogen-bond donors (Lipinski definition) is 1. The molecule has 0 atom stereocenters. The molecule has 0 saturated carbocycles. The van der Waals surface area contributed by atoms with Crippen LogP contribution < -0.4 is 4.74 Å². The van der Waals surface area contributed by atoms with Gasteiger partial charge in [-0.1, -0.05) is 46.3 Å². The Balaban J connectivity index is 2.36. The minimum Gasteiger partial charge on any atom is -0.490 e. The molecule has 0 saturated heterocycles. The van der Waals surface area contributed by atoms with Gasteiger partial charge in [0.1, 0.15) is 12.4 Å². The average Bonchev–Trinajstić information content (AvgIpc) is 2.44. The van der Waals surface area contributed by atoms with Crippen LogP contribution in [0.5, 0.6) is 5.75 Å². The lowest BCUT2D eigenvalue weighted by Gasteiger charge is -2.12. The zero-order valence-electron chi connectivity index (χ0n) is 10.3. The number of hydrogen-bond acceptors (Lipinski definition) is 2. The molecule has 1 N–H and O–H groups in total. The Bertz CT molecular complexity index is 737. The predicted molar refractivity (Wildman–Crippen MR) is 81.7 cm³/mol. The molecular weight excluding hydrogens is 304 g/mol. The molecule has 3 heteroatoms. The Morgan fingerprint density at radius 3 is 2.58 bits per heavy atom. The Labute approximate surface area is 119 Å². The highest BCUT2D eigenvalue weighted by molar-refractivity contribution is 9.10. The van der Waals surface area contributed by atoms with Crippen molar-refractivity contribution in [3.05, 3.63) is 53.0 Å². The van der Waals surface area contributed by atoms with Gasteiger partial charge in [-0.05, 0) is 29.0 Å². The molecular formula is C16H13BrO2. The molecule has 0 aliphatic rings. The van der Waals surface area contributed by atoms with E-state index in [4.69, 9.17) is 9.84 Å². The maximum Gasteiger partial charge on any atom is 0.135 e. The van der Waals surface area contributed by atoms with Crippen molar-refractivity contribution in [1.29, 1.82) is 0 Å². The lowest BCUT2D eigenvalue weighted by Crippen LogP contribution is -2.02. The van der Waals surface area contributed by atoms with Crippen LogP contribution in [0.4, 0.5) is 0 Å². The first-order chi connectivity index (χ1) is 9.29. The van der Waals surface area contributed by atoms with Crippen LogP contribution >= 0.6 is 15.9 Å².